The summed E-state index contributed by atoms with van der Waals surface area (Å²) < 4.78 is 11.7. The Morgan fingerprint density at radius 1 is 1.09 bits per heavy atom. The number of amides is 1. The Bertz CT molecular complexity index is 1100. The molecule has 0 atom stereocenters. The third-order valence-corrected chi connectivity index (χ3v) is 5.53. The van der Waals surface area contributed by atoms with Crippen molar-refractivity contribution in [3.8, 4) is 5.75 Å². The lowest BCUT2D eigenvalue weighted by atomic mass is 10.1. The van der Waals surface area contributed by atoms with Gasteiger partial charge in [-0.3, -0.25) is 4.79 Å². The summed E-state index contributed by atoms with van der Waals surface area (Å²) in [7, 11) is 1.61. The molecule has 2 aromatic carbocycles. The number of carbonyl (C=O) groups excluding carboxylic acids is 2. The molecule has 0 aliphatic rings. The van der Waals surface area contributed by atoms with Crippen LogP contribution in [0.1, 0.15) is 27.2 Å². The average molecular weight is 476 g/mol. The highest BCUT2D eigenvalue weighted by molar-refractivity contribution is 6.33. The van der Waals surface area contributed by atoms with Gasteiger partial charge in [0.15, 0.2) is 6.61 Å². The molecule has 1 N–H and O–H groups in total. The number of carbonyl (C=O) groups is 2. The summed E-state index contributed by atoms with van der Waals surface area (Å²) in [5.41, 5.74) is 2.41. The van der Waals surface area contributed by atoms with E-state index in [1.807, 2.05) is 42.5 Å². The van der Waals surface area contributed by atoms with E-state index in [-0.39, 0.29) is 10.7 Å². The van der Waals surface area contributed by atoms with E-state index < -0.39 is 18.5 Å². The number of methoxy groups -OCH3 is 1. The van der Waals surface area contributed by atoms with Gasteiger partial charge in [-0.1, -0.05) is 53.5 Å². The van der Waals surface area contributed by atoms with E-state index in [1.165, 1.54) is 4.68 Å². The van der Waals surface area contributed by atoms with Gasteiger partial charge in [0, 0.05) is 11.6 Å². The molecule has 1 amide bonds. The third kappa shape index (κ3) is 6.02. The number of aryl methyl sites for hydroxylation is 1. The van der Waals surface area contributed by atoms with Crippen LogP contribution in [0.4, 0.5) is 0 Å². The van der Waals surface area contributed by atoms with Crippen LogP contribution in [0.15, 0.2) is 48.5 Å². The zero-order valence-corrected chi connectivity index (χ0v) is 19.2. The number of ether oxygens (including phenoxy) is 2. The summed E-state index contributed by atoms with van der Waals surface area (Å²) in [5, 5.41) is 7.74. The van der Waals surface area contributed by atoms with Gasteiger partial charge in [0.2, 0.25) is 0 Å². The highest BCUT2D eigenvalue weighted by Gasteiger charge is 2.22. The van der Waals surface area contributed by atoms with Gasteiger partial charge >= 0.3 is 5.97 Å². The van der Waals surface area contributed by atoms with E-state index in [2.05, 4.69) is 10.4 Å². The predicted molar refractivity (Wildman–Crippen MR) is 123 cm³/mol. The van der Waals surface area contributed by atoms with Crippen LogP contribution in [0.2, 0.25) is 10.2 Å². The molecular weight excluding hydrogens is 453 g/mol. The summed E-state index contributed by atoms with van der Waals surface area (Å²) >= 11 is 12.6. The zero-order chi connectivity index (χ0) is 23.1. The number of hydrogen-bond acceptors (Lipinski definition) is 5. The van der Waals surface area contributed by atoms with Crippen LogP contribution >= 0.6 is 23.2 Å². The lowest BCUT2D eigenvalue weighted by molar-refractivity contribution is -0.124. The minimum atomic E-state index is -0.705. The number of rotatable bonds is 9. The standard InChI is InChI=1S/C23H23Cl2N3O4/c1-15-21(22(25)28(27-15)13-17-5-3-4-6-19(17)24)23(30)32-14-20(29)26-12-11-16-7-9-18(31-2)10-8-16/h3-10H,11-14H2,1-2H3,(H,26,29). The molecule has 3 aromatic rings. The topological polar surface area (TPSA) is 82.4 Å². The van der Waals surface area contributed by atoms with Crippen molar-refractivity contribution < 1.29 is 19.1 Å². The van der Waals surface area contributed by atoms with Gasteiger partial charge in [0.1, 0.15) is 16.5 Å². The molecule has 0 saturated carbocycles. The third-order valence-electron chi connectivity index (χ3n) is 4.78. The van der Waals surface area contributed by atoms with Crippen molar-refractivity contribution in [3.63, 3.8) is 0 Å². The van der Waals surface area contributed by atoms with Gasteiger partial charge in [-0.25, -0.2) is 9.48 Å². The van der Waals surface area contributed by atoms with Gasteiger partial charge in [0.05, 0.1) is 19.3 Å². The quantitative estimate of drug-likeness (QED) is 0.471. The normalized spacial score (nSPS) is 10.6. The van der Waals surface area contributed by atoms with Crippen molar-refractivity contribution in [1.82, 2.24) is 15.1 Å². The summed E-state index contributed by atoms with van der Waals surface area (Å²) in [5.74, 6) is -0.332. The molecule has 32 heavy (non-hydrogen) atoms. The second kappa shape index (κ2) is 11.0. The van der Waals surface area contributed by atoms with Crippen molar-refractivity contribution in [2.45, 2.75) is 19.9 Å². The van der Waals surface area contributed by atoms with Crippen molar-refractivity contribution in [3.05, 3.63) is 81.1 Å². The Labute approximate surface area is 196 Å². The summed E-state index contributed by atoms with van der Waals surface area (Å²) in [6, 6.07) is 14.9. The number of esters is 1. The first kappa shape index (κ1) is 23.6. The molecule has 0 unspecified atom stereocenters. The zero-order valence-electron chi connectivity index (χ0n) is 17.7. The molecule has 0 aliphatic heterocycles. The molecule has 168 valence electrons. The van der Waals surface area contributed by atoms with Crippen molar-refractivity contribution in [1.29, 1.82) is 0 Å². The Morgan fingerprint density at radius 2 is 1.81 bits per heavy atom. The highest BCUT2D eigenvalue weighted by atomic mass is 35.5. The van der Waals surface area contributed by atoms with Crippen molar-refractivity contribution >= 4 is 35.1 Å². The molecule has 0 bridgehead atoms. The van der Waals surface area contributed by atoms with Crippen molar-refractivity contribution in [2.75, 3.05) is 20.3 Å². The number of halogens is 2. The number of aromatic nitrogens is 2. The second-order valence-corrected chi connectivity index (χ2v) is 7.79. The lowest BCUT2D eigenvalue weighted by Crippen LogP contribution is -2.30. The van der Waals surface area contributed by atoms with E-state index in [0.29, 0.717) is 30.2 Å². The van der Waals surface area contributed by atoms with E-state index in [4.69, 9.17) is 32.7 Å². The fraction of sp³-hybridized carbons (Fsp3) is 0.261. The molecule has 1 heterocycles. The summed E-state index contributed by atoms with van der Waals surface area (Å²) in [4.78, 5) is 24.5. The maximum atomic E-state index is 12.5. The fourth-order valence-corrected chi connectivity index (χ4v) is 3.58. The van der Waals surface area contributed by atoms with Gasteiger partial charge in [-0.15, -0.1) is 0 Å². The number of nitrogens with zero attached hydrogens (tertiary/aromatic N) is 2. The highest BCUT2D eigenvalue weighted by Crippen LogP contribution is 2.24. The lowest BCUT2D eigenvalue weighted by Gasteiger charge is -2.08. The minimum Gasteiger partial charge on any atom is -0.497 e. The summed E-state index contributed by atoms with van der Waals surface area (Å²) in [6.07, 6.45) is 0.642. The molecule has 9 heteroatoms. The van der Waals surface area contributed by atoms with Crippen LogP contribution in [0.3, 0.4) is 0 Å². The predicted octanol–water partition coefficient (Wildman–Crippen LogP) is 4.07. The Morgan fingerprint density at radius 3 is 2.50 bits per heavy atom. The van der Waals surface area contributed by atoms with E-state index in [0.717, 1.165) is 16.9 Å². The van der Waals surface area contributed by atoms with Gasteiger partial charge < -0.3 is 14.8 Å². The van der Waals surface area contributed by atoms with Crippen LogP contribution in [0.25, 0.3) is 0 Å². The first-order chi connectivity index (χ1) is 15.4. The molecular formula is C23H23Cl2N3O4. The van der Waals surface area contributed by atoms with Crippen LogP contribution < -0.4 is 10.1 Å². The molecule has 3 rings (SSSR count). The van der Waals surface area contributed by atoms with Crippen molar-refractivity contribution in [2.24, 2.45) is 0 Å². The number of hydrogen-bond donors (Lipinski definition) is 1. The molecule has 0 radical (unpaired) electrons. The fourth-order valence-electron chi connectivity index (χ4n) is 3.07. The van der Waals surface area contributed by atoms with E-state index in [1.54, 1.807) is 20.1 Å². The van der Waals surface area contributed by atoms with Crippen LogP contribution in [-0.2, 0) is 22.5 Å². The molecule has 0 spiro atoms. The first-order valence-electron chi connectivity index (χ1n) is 9.92. The molecule has 7 nitrogen and oxygen atoms in total. The maximum Gasteiger partial charge on any atom is 0.343 e. The monoisotopic (exact) mass is 475 g/mol. The molecule has 0 fully saturated rings. The molecule has 0 aliphatic carbocycles. The molecule has 1 aromatic heterocycles. The largest absolute Gasteiger partial charge is 0.497 e. The number of benzene rings is 2. The van der Waals surface area contributed by atoms with Crippen LogP contribution in [-0.4, -0.2) is 41.9 Å². The Balaban J connectivity index is 1.51. The SMILES string of the molecule is COc1ccc(CCNC(=O)COC(=O)c2c(C)nn(Cc3ccccc3Cl)c2Cl)cc1. The van der Waals surface area contributed by atoms with E-state index in [9.17, 15) is 9.59 Å². The van der Waals surface area contributed by atoms with Crippen LogP contribution in [0, 0.1) is 6.92 Å². The van der Waals surface area contributed by atoms with Crippen LogP contribution in [0.5, 0.6) is 5.75 Å². The Hall–Kier alpha value is -3.03. The van der Waals surface area contributed by atoms with Gasteiger partial charge in [-0.2, -0.15) is 5.10 Å². The molecule has 0 saturated heterocycles. The summed E-state index contributed by atoms with van der Waals surface area (Å²) in [6.45, 7) is 1.96. The van der Waals surface area contributed by atoms with Gasteiger partial charge in [0.25, 0.3) is 5.91 Å². The van der Waals surface area contributed by atoms with Gasteiger partial charge in [-0.05, 0) is 42.7 Å². The van der Waals surface area contributed by atoms with E-state index >= 15 is 0 Å². The maximum absolute atomic E-state index is 12.5. The first-order valence-corrected chi connectivity index (χ1v) is 10.7. The minimum absolute atomic E-state index is 0.129. The Kier molecular flexibility index (Phi) is 8.14. The second-order valence-electron chi connectivity index (χ2n) is 7.02. The smallest absolute Gasteiger partial charge is 0.343 e. The number of nitrogens with one attached hydrogen (secondary N) is 1. The average Bonchev–Trinajstić information content (AvgIpc) is 3.07.